The van der Waals surface area contributed by atoms with Gasteiger partial charge in [-0.1, -0.05) is 13.3 Å². The fourth-order valence-electron chi connectivity index (χ4n) is 1.59. The SMILES string of the molecule is CCCCNC(=O)NC(=O)C(C)OC(=O)c1ccn(CCF)n1. The van der Waals surface area contributed by atoms with Crippen LogP contribution in [0.3, 0.4) is 0 Å². The molecule has 0 aliphatic rings. The zero-order chi connectivity index (χ0) is 17.2. The van der Waals surface area contributed by atoms with Gasteiger partial charge in [0.1, 0.15) is 6.67 Å². The van der Waals surface area contributed by atoms with Crippen LogP contribution in [0.2, 0.25) is 0 Å². The lowest BCUT2D eigenvalue weighted by Crippen LogP contribution is -2.45. The minimum atomic E-state index is -1.16. The summed E-state index contributed by atoms with van der Waals surface area (Å²) < 4.78 is 18.3. The van der Waals surface area contributed by atoms with Crippen molar-refractivity contribution < 1.29 is 23.5 Å². The van der Waals surface area contributed by atoms with Crippen molar-refractivity contribution in [3.63, 3.8) is 0 Å². The first-order valence-corrected chi connectivity index (χ1v) is 7.37. The third-order valence-electron chi connectivity index (χ3n) is 2.87. The number of aromatic nitrogens is 2. The first-order valence-electron chi connectivity index (χ1n) is 7.37. The molecule has 0 radical (unpaired) electrons. The normalized spacial score (nSPS) is 11.6. The summed E-state index contributed by atoms with van der Waals surface area (Å²) in [6.07, 6.45) is 1.98. The van der Waals surface area contributed by atoms with Gasteiger partial charge < -0.3 is 10.1 Å². The number of imide groups is 1. The van der Waals surface area contributed by atoms with Gasteiger partial charge in [0.25, 0.3) is 5.91 Å². The molecule has 1 atom stereocenters. The number of nitrogens with one attached hydrogen (secondary N) is 2. The highest BCUT2D eigenvalue weighted by Crippen LogP contribution is 2.02. The second kappa shape index (κ2) is 9.54. The topological polar surface area (TPSA) is 102 Å². The number of esters is 1. The highest BCUT2D eigenvalue weighted by Gasteiger charge is 2.22. The van der Waals surface area contributed by atoms with Crippen molar-refractivity contribution in [2.45, 2.75) is 39.3 Å². The van der Waals surface area contributed by atoms with E-state index in [-0.39, 0.29) is 12.2 Å². The number of ether oxygens (including phenoxy) is 1. The molecule has 9 heteroatoms. The quantitative estimate of drug-likeness (QED) is 0.548. The summed E-state index contributed by atoms with van der Waals surface area (Å²) in [4.78, 5) is 35.0. The highest BCUT2D eigenvalue weighted by molar-refractivity contribution is 5.98. The van der Waals surface area contributed by atoms with Crippen molar-refractivity contribution in [3.8, 4) is 0 Å². The predicted octanol–water partition coefficient (Wildman–Crippen LogP) is 1.02. The lowest BCUT2D eigenvalue weighted by molar-refractivity contribution is -0.127. The number of unbranched alkanes of at least 4 members (excludes halogenated alkanes) is 1. The van der Waals surface area contributed by atoms with E-state index >= 15 is 0 Å². The van der Waals surface area contributed by atoms with E-state index in [1.54, 1.807) is 0 Å². The number of amides is 3. The van der Waals surface area contributed by atoms with E-state index < -0.39 is 30.7 Å². The van der Waals surface area contributed by atoms with Crippen LogP contribution in [0, 0.1) is 0 Å². The molecule has 23 heavy (non-hydrogen) atoms. The predicted molar refractivity (Wildman–Crippen MR) is 79.5 cm³/mol. The fourth-order valence-corrected chi connectivity index (χ4v) is 1.59. The van der Waals surface area contributed by atoms with Crippen molar-refractivity contribution in [2.75, 3.05) is 13.2 Å². The second-order valence-electron chi connectivity index (χ2n) is 4.80. The van der Waals surface area contributed by atoms with Gasteiger partial charge in [-0.15, -0.1) is 0 Å². The summed E-state index contributed by atoms with van der Waals surface area (Å²) >= 11 is 0. The van der Waals surface area contributed by atoms with Crippen molar-refractivity contribution in [3.05, 3.63) is 18.0 Å². The minimum Gasteiger partial charge on any atom is -0.448 e. The minimum absolute atomic E-state index is 0.0290. The molecule has 0 spiro atoms. The highest BCUT2D eigenvalue weighted by atomic mass is 19.1. The number of aryl methyl sites for hydroxylation is 1. The zero-order valence-electron chi connectivity index (χ0n) is 13.2. The van der Waals surface area contributed by atoms with Crippen molar-refractivity contribution >= 4 is 17.9 Å². The van der Waals surface area contributed by atoms with Gasteiger partial charge in [0.2, 0.25) is 0 Å². The molecular weight excluding hydrogens is 307 g/mol. The van der Waals surface area contributed by atoms with Crippen LogP contribution >= 0.6 is 0 Å². The number of halogens is 1. The van der Waals surface area contributed by atoms with E-state index in [0.29, 0.717) is 6.54 Å². The summed E-state index contributed by atoms with van der Waals surface area (Å²) in [5, 5.41) is 8.40. The molecule has 128 valence electrons. The van der Waals surface area contributed by atoms with Gasteiger partial charge in [-0.05, 0) is 19.4 Å². The van der Waals surface area contributed by atoms with Crippen molar-refractivity contribution in [1.82, 2.24) is 20.4 Å². The Morgan fingerprint density at radius 1 is 1.43 bits per heavy atom. The molecule has 0 saturated carbocycles. The number of urea groups is 1. The molecule has 1 rings (SSSR count). The molecule has 3 amide bonds. The molecule has 0 saturated heterocycles. The maximum atomic E-state index is 12.2. The second-order valence-corrected chi connectivity index (χ2v) is 4.80. The smallest absolute Gasteiger partial charge is 0.359 e. The van der Waals surface area contributed by atoms with Crippen LogP contribution in [0.15, 0.2) is 12.3 Å². The molecule has 1 heterocycles. The van der Waals surface area contributed by atoms with Gasteiger partial charge in [-0.25, -0.2) is 14.0 Å². The Morgan fingerprint density at radius 2 is 2.17 bits per heavy atom. The summed E-state index contributed by atoms with van der Waals surface area (Å²) in [5.74, 6) is -1.56. The van der Waals surface area contributed by atoms with Crippen LogP contribution in [0.5, 0.6) is 0 Å². The van der Waals surface area contributed by atoms with Gasteiger partial charge in [0.05, 0.1) is 6.54 Å². The van der Waals surface area contributed by atoms with E-state index in [9.17, 15) is 18.8 Å². The van der Waals surface area contributed by atoms with Crippen LogP contribution < -0.4 is 10.6 Å². The maximum Gasteiger partial charge on any atom is 0.359 e. The third kappa shape index (κ3) is 6.45. The summed E-state index contributed by atoms with van der Waals surface area (Å²) in [6, 6.07) is 0.721. The number of hydrogen-bond donors (Lipinski definition) is 2. The standard InChI is InChI=1S/C14H21FN4O4/c1-3-4-7-16-14(22)17-12(20)10(2)23-13(21)11-5-8-19(18-11)9-6-15/h5,8,10H,3-4,6-7,9H2,1-2H3,(H2,16,17,20,22). The van der Waals surface area contributed by atoms with Crippen LogP contribution in [0.1, 0.15) is 37.2 Å². The Bertz CT molecular complexity index is 547. The number of rotatable bonds is 8. The molecule has 0 fully saturated rings. The lowest BCUT2D eigenvalue weighted by Gasteiger charge is -2.12. The molecular formula is C14H21FN4O4. The fraction of sp³-hybridized carbons (Fsp3) is 0.571. The maximum absolute atomic E-state index is 12.2. The molecule has 0 bridgehead atoms. The number of carbonyl (C=O) groups excluding carboxylic acids is 3. The Labute approximate surface area is 133 Å². The van der Waals surface area contributed by atoms with Crippen LogP contribution in [0.25, 0.3) is 0 Å². The monoisotopic (exact) mass is 328 g/mol. The van der Waals surface area contributed by atoms with E-state index in [1.807, 2.05) is 6.92 Å². The van der Waals surface area contributed by atoms with E-state index in [1.165, 1.54) is 23.9 Å². The molecule has 2 N–H and O–H groups in total. The molecule has 0 aliphatic carbocycles. The van der Waals surface area contributed by atoms with E-state index in [0.717, 1.165) is 12.8 Å². The Morgan fingerprint density at radius 3 is 2.83 bits per heavy atom. The first kappa shape index (κ1) is 18.6. The number of carbonyl (C=O) groups is 3. The Hall–Kier alpha value is -2.45. The molecule has 0 aromatic carbocycles. The van der Waals surface area contributed by atoms with Crippen molar-refractivity contribution in [1.29, 1.82) is 0 Å². The lowest BCUT2D eigenvalue weighted by atomic mass is 10.3. The molecule has 0 aliphatic heterocycles. The van der Waals surface area contributed by atoms with Gasteiger partial charge in [0.15, 0.2) is 11.8 Å². The average molecular weight is 328 g/mol. The molecule has 8 nitrogen and oxygen atoms in total. The zero-order valence-corrected chi connectivity index (χ0v) is 13.2. The van der Waals surface area contributed by atoms with Crippen LogP contribution in [-0.4, -0.2) is 47.0 Å². The van der Waals surface area contributed by atoms with Crippen LogP contribution in [-0.2, 0) is 16.1 Å². The molecule has 1 aromatic heterocycles. The number of nitrogens with zero attached hydrogens (tertiary/aromatic N) is 2. The first-order chi connectivity index (χ1) is 11.0. The summed E-state index contributed by atoms with van der Waals surface area (Å²) in [6.45, 7) is 3.19. The van der Waals surface area contributed by atoms with Crippen LogP contribution in [0.4, 0.5) is 9.18 Å². The van der Waals surface area contributed by atoms with E-state index in [2.05, 4.69) is 15.7 Å². The molecule has 1 aromatic rings. The summed E-state index contributed by atoms with van der Waals surface area (Å²) in [5.41, 5.74) is -0.0366. The Kier molecular flexibility index (Phi) is 7.72. The Balaban J connectivity index is 2.44. The van der Waals surface area contributed by atoms with Crippen molar-refractivity contribution in [2.24, 2.45) is 0 Å². The number of hydrogen-bond acceptors (Lipinski definition) is 5. The molecule has 1 unspecified atom stereocenters. The van der Waals surface area contributed by atoms with Gasteiger partial charge in [0, 0.05) is 12.7 Å². The largest absolute Gasteiger partial charge is 0.448 e. The number of alkyl halides is 1. The van der Waals surface area contributed by atoms with Gasteiger partial charge in [-0.3, -0.25) is 14.8 Å². The van der Waals surface area contributed by atoms with Gasteiger partial charge in [-0.2, -0.15) is 5.10 Å². The van der Waals surface area contributed by atoms with Gasteiger partial charge >= 0.3 is 12.0 Å². The summed E-state index contributed by atoms with van der Waals surface area (Å²) in [7, 11) is 0. The average Bonchev–Trinajstić information content (AvgIpc) is 2.96. The van der Waals surface area contributed by atoms with E-state index in [4.69, 9.17) is 4.74 Å². The third-order valence-corrected chi connectivity index (χ3v) is 2.87.